The first-order valence-corrected chi connectivity index (χ1v) is 5.68. The summed E-state index contributed by atoms with van der Waals surface area (Å²) in [5, 5.41) is 11.8. The molecule has 1 amide bonds. The molecule has 1 heterocycles. The number of hydrogen-bond acceptors (Lipinski definition) is 4. The van der Waals surface area contributed by atoms with Gasteiger partial charge in [0.1, 0.15) is 11.8 Å². The van der Waals surface area contributed by atoms with Gasteiger partial charge in [0.05, 0.1) is 11.9 Å². The molecule has 0 saturated heterocycles. The summed E-state index contributed by atoms with van der Waals surface area (Å²) in [5.41, 5.74) is 7.90. The van der Waals surface area contributed by atoms with Crippen molar-refractivity contribution in [2.24, 2.45) is 5.73 Å². The molecule has 5 heteroatoms. The number of primary amides is 1. The SMILES string of the molecule is N#Cc1ccc(NCc2ccc(C(N)=O)cc2)cn1. The number of rotatable bonds is 4. The molecule has 0 unspecified atom stereocenters. The van der Waals surface area contributed by atoms with Crippen LogP contribution in [0.5, 0.6) is 0 Å². The zero-order valence-corrected chi connectivity index (χ0v) is 10.1. The Morgan fingerprint density at radius 2 is 2.00 bits per heavy atom. The van der Waals surface area contributed by atoms with Crippen molar-refractivity contribution in [1.29, 1.82) is 5.26 Å². The van der Waals surface area contributed by atoms with E-state index in [2.05, 4.69) is 10.3 Å². The number of pyridine rings is 1. The molecule has 0 bridgehead atoms. The molecule has 1 aromatic carbocycles. The number of aromatic nitrogens is 1. The first-order chi connectivity index (χ1) is 9.19. The maximum atomic E-state index is 10.9. The van der Waals surface area contributed by atoms with Gasteiger partial charge < -0.3 is 11.1 Å². The van der Waals surface area contributed by atoms with Crippen LogP contribution in [0.25, 0.3) is 0 Å². The summed E-state index contributed by atoms with van der Waals surface area (Å²) in [4.78, 5) is 14.9. The van der Waals surface area contributed by atoms with Gasteiger partial charge in [0.2, 0.25) is 5.91 Å². The summed E-state index contributed by atoms with van der Waals surface area (Å²) in [5.74, 6) is -0.434. The van der Waals surface area contributed by atoms with Gasteiger partial charge in [-0.05, 0) is 29.8 Å². The highest BCUT2D eigenvalue weighted by Crippen LogP contribution is 2.09. The van der Waals surface area contributed by atoms with E-state index in [0.29, 0.717) is 17.8 Å². The van der Waals surface area contributed by atoms with Gasteiger partial charge in [-0.25, -0.2) is 4.98 Å². The van der Waals surface area contributed by atoms with Gasteiger partial charge in [0, 0.05) is 12.1 Å². The third-order valence-corrected chi connectivity index (χ3v) is 2.61. The summed E-state index contributed by atoms with van der Waals surface area (Å²) in [6.07, 6.45) is 1.61. The van der Waals surface area contributed by atoms with Gasteiger partial charge >= 0.3 is 0 Å². The fourth-order valence-electron chi connectivity index (χ4n) is 1.56. The normalized spacial score (nSPS) is 9.63. The van der Waals surface area contributed by atoms with Gasteiger partial charge in [-0.15, -0.1) is 0 Å². The van der Waals surface area contributed by atoms with Crippen molar-refractivity contribution in [2.45, 2.75) is 6.54 Å². The van der Waals surface area contributed by atoms with E-state index < -0.39 is 5.91 Å². The lowest BCUT2D eigenvalue weighted by atomic mass is 10.1. The van der Waals surface area contributed by atoms with E-state index in [1.165, 1.54) is 0 Å². The highest BCUT2D eigenvalue weighted by atomic mass is 16.1. The molecule has 2 rings (SSSR count). The third kappa shape index (κ3) is 3.30. The van der Waals surface area contributed by atoms with E-state index in [0.717, 1.165) is 11.3 Å². The first-order valence-electron chi connectivity index (χ1n) is 5.68. The average Bonchev–Trinajstić information content (AvgIpc) is 2.46. The molecular formula is C14H12N4O. The zero-order valence-electron chi connectivity index (χ0n) is 10.1. The summed E-state index contributed by atoms with van der Waals surface area (Å²) in [6, 6.07) is 12.5. The van der Waals surface area contributed by atoms with Gasteiger partial charge in [0.25, 0.3) is 0 Å². The van der Waals surface area contributed by atoms with Crippen LogP contribution in [0.2, 0.25) is 0 Å². The average molecular weight is 252 g/mol. The van der Waals surface area contributed by atoms with Crippen LogP contribution in [0.3, 0.4) is 0 Å². The predicted molar refractivity (Wildman–Crippen MR) is 71.2 cm³/mol. The lowest BCUT2D eigenvalue weighted by Crippen LogP contribution is -2.10. The number of nitrogens with one attached hydrogen (secondary N) is 1. The molecule has 0 aliphatic rings. The molecule has 0 radical (unpaired) electrons. The van der Waals surface area contributed by atoms with E-state index in [9.17, 15) is 4.79 Å². The summed E-state index contributed by atoms with van der Waals surface area (Å²) < 4.78 is 0. The maximum absolute atomic E-state index is 10.9. The number of amides is 1. The van der Waals surface area contributed by atoms with E-state index in [1.807, 2.05) is 18.2 Å². The van der Waals surface area contributed by atoms with Crippen molar-refractivity contribution >= 4 is 11.6 Å². The molecule has 0 fully saturated rings. The Morgan fingerprint density at radius 1 is 1.26 bits per heavy atom. The van der Waals surface area contributed by atoms with Crippen LogP contribution in [0.4, 0.5) is 5.69 Å². The van der Waals surface area contributed by atoms with Crippen molar-refractivity contribution in [2.75, 3.05) is 5.32 Å². The minimum atomic E-state index is -0.434. The lowest BCUT2D eigenvalue weighted by Gasteiger charge is -2.06. The molecule has 0 saturated carbocycles. The van der Waals surface area contributed by atoms with Crippen LogP contribution in [-0.2, 0) is 6.54 Å². The fraction of sp³-hybridized carbons (Fsp3) is 0.0714. The number of benzene rings is 1. The van der Waals surface area contributed by atoms with Crippen LogP contribution < -0.4 is 11.1 Å². The quantitative estimate of drug-likeness (QED) is 0.865. The summed E-state index contributed by atoms with van der Waals surface area (Å²) in [6.45, 7) is 0.604. The summed E-state index contributed by atoms with van der Waals surface area (Å²) in [7, 11) is 0. The predicted octanol–water partition coefficient (Wildman–Crippen LogP) is 1.66. The van der Waals surface area contributed by atoms with Crippen molar-refractivity contribution in [3.63, 3.8) is 0 Å². The van der Waals surface area contributed by atoms with Gasteiger partial charge in [0.15, 0.2) is 0 Å². The zero-order chi connectivity index (χ0) is 13.7. The Hall–Kier alpha value is -2.87. The minimum Gasteiger partial charge on any atom is -0.380 e. The summed E-state index contributed by atoms with van der Waals surface area (Å²) >= 11 is 0. The molecule has 2 aromatic rings. The maximum Gasteiger partial charge on any atom is 0.248 e. The van der Waals surface area contributed by atoms with Gasteiger partial charge in [-0.1, -0.05) is 12.1 Å². The molecule has 0 aliphatic carbocycles. The van der Waals surface area contributed by atoms with Crippen LogP contribution in [0, 0.1) is 11.3 Å². The molecule has 5 nitrogen and oxygen atoms in total. The van der Waals surface area contributed by atoms with E-state index in [4.69, 9.17) is 11.0 Å². The number of carbonyl (C=O) groups excluding carboxylic acids is 1. The largest absolute Gasteiger partial charge is 0.380 e. The Bertz CT molecular complexity index is 611. The molecular weight excluding hydrogens is 240 g/mol. The second-order valence-electron chi connectivity index (χ2n) is 3.96. The van der Waals surface area contributed by atoms with Crippen molar-refractivity contribution in [3.05, 3.63) is 59.4 Å². The highest BCUT2D eigenvalue weighted by Gasteiger charge is 2.00. The second-order valence-corrected chi connectivity index (χ2v) is 3.96. The standard InChI is InChI=1S/C14H12N4O/c15-7-12-5-6-13(9-18-12)17-8-10-1-3-11(4-2-10)14(16)19/h1-6,9,17H,8H2,(H2,16,19). The van der Waals surface area contributed by atoms with E-state index in [-0.39, 0.29) is 0 Å². The Morgan fingerprint density at radius 3 is 2.53 bits per heavy atom. The third-order valence-electron chi connectivity index (χ3n) is 2.61. The first kappa shape index (κ1) is 12.6. The number of nitriles is 1. The van der Waals surface area contributed by atoms with Crippen LogP contribution in [0.15, 0.2) is 42.6 Å². The Kier molecular flexibility index (Phi) is 3.74. The van der Waals surface area contributed by atoms with Gasteiger partial charge in [-0.3, -0.25) is 4.79 Å². The monoisotopic (exact) mass is 252 g/mol. The molecule has 1 aromatic heterocycles. The van der Waals surface area contributed by atoms with Crippen molar-refractivity contribution < 1.29 is 4.79 Å². The molecule has 0 aliphatic heterocycles. The molecule has 19 heavy (non-hydrogen) atoms. The molecule has 0 spiro atoms. The van der Waals surface area contributed by atoms with Crippen molar-refractivity contribution in [3.8, 4) is 6.07 Å². The number of anilines is 1. The van der Waals surface area contributed by atoms with Gasteiger partial charge in [-0.2, -0.15) is 5.26 Å². The van der Waals surface area contributed by atoms with Crippen LogP contribution in [0.1, 0.15) is 21.6 Å². The number of nitrogens with two attached hydrogens (primary N) is 1. The molecule has 94 valence electrons. The van der Waals surface area contributed by atoms with Crippen LogP contribution in [-0.4, -0.2) is 10.9 Å². The Balaban J connectivity index is 1.98. The second kappa shape index (κ2) is 5.65. The number of nitrogens with zero attached hydrogens (tertiary/aromatic N) is 2. The van der Waals surface area contributed by atoms with Crippen molar-refractivity contribution in [1.82, 2.24) is 4.98 Å². The van der Waals surface area contributed by atoms with E-state index in [1.54, 1.807) is 30.5 Å². The smallest absolute Gasteiger partial charge is 0.248 e. The molecule has 0 atom stereocenters. The fourth-order valence-corrected chi connectivity index (χ4v) is 1.56. The number of carbonyl (C=O) groups is 1. The van der Waals surface area contributed by atoms with E-state index >= 15 is 0 Å². The number of hydrogen-bond donors (Lipinski definition) is 2. The highest BCUT2D eigenvalue weighted by molar-refractivity contribution is 5.92. The lowest BCUT2D eigenvalue weighted by molar-refractivity contribution is 0.100. The molecule has 3 N–H and O–H groups in total. The van der Waals surface area contributed by atoms with Crippen LogP contribution >= 0.6 is 0 Å². The minimum absolute atomic E-state index is 0.386. The topological polar surface area (TPSA) is 91.8 Å². The Labute approximate surface area is 110 Å².